The van der Waals surface area contributed by atoms with Gasteiger partial charge in [0.05, 0.1) is 11.6 Å². The minimum atomic E-state index is 0.0768. The van der Waals surface area contributed by atoms with Crippen molar-refractivity contribution in [2.75, 3.05) is 0 Å². The van der Waals surface area contributed by atoms with Gasteiger partial charge in [0, 0.05) is 27.7 Å². The summed E-state index contributed by atoms with van der Waals surface area (Å²) in [5, 5.41) is 10.2. The minimum Gasteiger partial charge on any atom is -0.208 e. The second-order valence-corrected chi connectivity index (χ2v) is 14.3. The van der Waals surface area contributed by atoms with Crippen LogP contribution in [0.1, 0.15) is 36.0 Å². The van der Waals surface area contributed by atoms with E-state index >= 15 is 0 Å². The molecule has 4 fully saturated rings. The maximum absolute atomic E-state index is 10.2. The molecule has 5 aliphatic carbocycles. The zero-order valence-electron chi connectivity index (χ0n) is 25.8. The SMILES string of the molecule is N#Cc1cccc2c1-c1ccc(-c3ccc(-c4nc(-c5ccccc5)nc(-c5ccccc5)n4)cc3)cc1C21C2CC3CC4CC1C342. The van der Waals surface area contributed by atoms with Gasteiger partial charge in [-0.05, 0) is 88.3 Å². The van der Waals surface area contributed by atoms with Crippen LogP contribution in [0.4, 0.5) is 0 Å². The van der Waals surface area contributed by atoms with Crippen LogP contribution in [0.3, 0.4) is 0 Å². The van der Waals surface area contributed by atoms with Crippen LogP contribution in [0.2, 0.25) is 0 Å². The van der Waals surface area contributed by atoms with Crippen LogP contribution in [0, 0.1) is 40.4 Å². The van der Waals surface area contributed by atoms with Gasteiger partial charge in [0.2, 0.25) is 0 Å². The third-order valence-electron chi connectivity index (χ3n) is 12.9. The van der Waals surface area contributed by atoms with Gasteiger partial charge in [0.25, 0.3) is 0 Å². The summed E-state index contributed by atoms with van der Waals surface area (Å²) in [5.74, 6) is 5.35. The van der Waals surface area contributed by atoms with E-state index in [0.717, 1.165) is 45.9 Å². The third kappa shape index (κ3) is 3.02. The fourth-order valence-corrected chi connectivity index (χ4v) is 11.1. The number of aromatic nitrogens is 3. The lowest BCUT2D eigenvalue weighted by atomic mass is 9.11. The molecular weight excluding hydrogens is 573 g/mol. The summed E-state index contributed by atoms with van der Waals surface area (Å²) < 4.78 is 0. The summed E-state index contributed by atoms with van der Waals surface area (Å²) in [4.78, 5) is 14.7. The molecule has 222 valence electrons. The Morgan fingerprint density at radius 2 is 1.09 bits per heavy atom. The molecule has 0 saturated heterocycles. The van der Waals surface area contributed by atoms with E-state index in [4.69, 9.17) is 15.0 Å². The Morgan fingerprint density at radius 3 is 1.66 bits per heavy atom. The highest BCUT2D eigenvalue weighted by atomic mass is 15.0. The molecule has 2 spiro atoms. The molecule has 4 heteroatoms. The van der Waals surface area contributed by atoms with Crippen molar-refractivity contribution < 1.29 is 0 Å². The molecule has 4 unspecified atom stereocenters. The van der Waals surface area contributed by atoms with Gasteiger partial charge in [-0.3, -0.25) is 0 Å². The summed E-state index contributed by atoms with van der Waals surface area (Å²) in [7, 11) is 0. The molecule has 0 N–H and O–H groups in total. The van der Waals surface area contributed by atoms with Crippen molar-refractivity contribution in [3.05, 3.63) is 138 Å². The van der Waals surface area contributed by atoms with Gasteiger partial charge in [0.15, 0.2) is 17.5 Å². The lowest BCUT2D eigenvalue weighted by molar-refractivity contribution is -0.412. The fraction of sp³-hybridized carbons (Fsp3) is 0.209. The zero-order valence-corrected chi connectivity index (χ0v) is 25.8. The second kappa shape index (κ2) is 8.90. The van der Waals surface area contributed by atoms with Crippen LogP contribution in [-0.2, 0) is 5.41 Å². The highest BCUT2D eigenvalue weighted by Gasteiger charge is 2.90. The van der Waals surface area contributed by atoms with Gasteiger partial charge < -0.3 is 0 Å². The highest BCUT2D eigenvalue weighted by Crippen LogP contribution is 2.94. The molecule has 5 aliphatic rings. The predicted octanol–water partition coefficient (Wildman–Crippen LogP) is 9.35. The molecule has 4 saturated carbocycles. The molecule has 4 nitrogen and oxygen atoms in total. The number of benzene rings is 5. The third-order valence-corrected chi connectivity index (χ3v) is 12.9. The lowest BCUT2D eigenvalue weighted by Gasteiger charge is -2.92. The molecule has 5 aromatic carbocycles. The first kappa shape index (κ1) is 25.8. The van der Waals surface area contributed by atoms with Crippen molar-refractivity contribution in [1.29, 1.82) is 5.26 Å². The first-order chi connectivity index (χ1) is 23.2. The Labute approximate surface area is 273 Å². The number of hydrogen-bond donors (Lipinski definition) is 0. The quantitative estimate of drug-likeness (QED) is 0.202. The summed E-state index contributed by atoms with van der Waals surface area (Å²) >= 11 is 0. The topological polar surface area (TPSA) is 62.5 Å². The molecule has 47 heavy (non-hydrogen) atoms. The molecule has 6 aromatic rings. The average Bonchev–Trinajstić information content (AvgIpc) is 3.41. The first-order valence-electron chi connectivity index (χ1n) is 16.9. The number of fused-ring (bicyclic) bond motifs is 7. The largest absolute Gasteiger partial charge is 0.208 e. The van der Waals surface area contributed by atoms with E-state index < -0.39 is 0 Å². The lowest BCUT2D eigenvalue weighted by Crippen LogP contribution is -2.88. The summed E-state index contributed by atoms with van der Waals surface area (Å²) in [6.45, 7) is 0. The van der Waals surface area contributed by atoms with E-state index in [2.05, 4.69) is 60.7 Å². The summed E-state index contributed by atoms with van der Waals surface area (Å²) in [6.07, 6.45) is 4.15. The zero-order chi connectivity index (χ0) is 30.9. The number of nitrogens with zero attached hydrogens (tertiary/aromatic N) is 4. The molecule has 11 rings (SSSR count). The molecule has 1 heterocycles. The number of nitriles is 1. The van der Waals surface area contributed by atoms with Crippen LogP contribution >= 0.6 is 0 Å². The summed E-state index contributed by atoms with van der Waals surface area (Å²) in [5.41, 5.74) is 12.2. The molecule has 0 aliphatic heterocycles. The Kier molecular flexibility index (Phi) is 4.87. The van der Waals surface area contributed by atoms with Crippen molar-refractivity contribution >= 4 is 0 Å². The molecule has 0 radical (unpaired) electrons. The van der Waals surface area contributed by atoms with Crippen LogP contribution < -0.4 is 0 Å². The minimum absolute atomic E-state index is 0.0768. The average molecular weight is 603 g/mol. The second-order valence-electron chi connectivity index (χ2n) is 14.3. The Balaban J connectivity index is 1.00. The first-order valence-corrected chi connectivity index (χ1v) is 16.9. The Bertz CT molecular complexity index is 2240. The maximum Gasteiger partial charge on any atom is 0.164 e. The molecule has 0 amide bonds. The Morgan fingerprint density at radius 1 is 0.532 bits per heavy atom. The van der Waals surface area contributed by atoms with E-state index in [1.807, 2.05) is 66.7 Å². The maximum atomic E-state index is 10.2. The number of rotatable bonds is 4. The van der Waals surface area contributed by atoms with Crippen molar-refractivity contribution in [3.63, 3.8) is 0 Å². The van der Waals surface area contributed by atoms with E-state index in [0.29, 0.717) is 22.9 Å². The van der Waals surface area contributed by atoms with E-state index in [9.17, 15) is 5.26 Å². The van der Waals surface area contributed by atoms with E-state index in [1.165, 1.54) is 52.6 Å². The summed E-state index contributed by atoms with van der Waals surface area (Å²) in [6, 6.07) is 44.9. The van der Waals surface area contributed by atoms with E-state index in [1.54, 1.807) is 0 Å². The van der Waals surface area contributed by atoms with Crippen LogP contribution in [0.5, 0.6) is 0 Å². The van der Waals surface area contributed by atoms with E-state index in [-0.39, 0.29) is 5.41 Å². The van der Waals surface area contributed by atoms with Gasteiger partial charge in [-0.2, -0.15) is 5.26 Å². The number of hydrogen-bond acceptors (Lipinski definition) is 4. The van der Waals surface area contributed by atoms with Crippen molar-refractivity contribution in [2.45, 2.75) is 24.7 Å². The van der Waals surface area contributed by atoms with Crippen molar-refractivity contribution in [3.8, 4) is 62.5 Å². The smallest absolute Gasteiger partial charge is 0.164 e. The Hall–Kier alpha value is -5.40. The molecule has 1 aromatic heterocycles. The normalized spacial score (nSPS) is 27.9. The standard InChI is InChI=1S/C43H30N4/c44-24-30-12-7-13-34-38(30)33-19-18-29(20-35(33)43(34)36-22-31-21-32-23-37(43)42(31,32)36)25-14-16-28(17-15-25)41-46-39(26-8-3-1-4-9-26)45-40(47-41)27-10-5-2-6-11-27/h1-20,31-32,36-37H,21-23H2. The van der Waals surface area contributed by atoms with Crippen LogP contribution in [0.25, 0.3) is 56.4 Å². The van der Waals surface area contributed by atoms with Crippen molar-refractivity contribution in [1.82, 2.24) is 15.0 Å². The highest BCUT2D eigenvalue weighted by molar-refractivity contribution is 5.89. The predicted molar refractivity (Wildman–Crippen MR) is 183 cm³/mol. The monoisotopic (exact) mass is 602 g/mol. The van der Waals surface area contributed by atoms with Gasteiger partial charge in [0.1, 0.15) is 0 Å². The van der Waals surface area contributed by atoms with Gasteiger partial charge in [-0.25, -0.2) is 15.0 Å². The van der Waals surface area contributed by atoms with Crippen LogP contribution in [-0.4, -0.2) is 15.0 Å². The van der Waals surface area contributed by atoms with Crippen molar-refractivity contribution in [2.24, 2.45) is 29.1 Å². The van der Waals surface area contributed by atoms with Crippen LogP contribution in [0.15, 0.2) is 121 Å². The van der Waals surface area contributed by atoms with Gasteiger partial charge >= 0.3 is 0 Å². The molecular formula is C43H30N4. The molecule has 4 atom stereocenters. The fourth-order valence-electron chi connectivity index (χ4n) is 11.1. The van der Waals surface area contributed by atoms with Gasteiger partial charge in [-0.15, -0.1) is 0 Å². The van der Waals surface area contributed by atoms with Gasteiger partial charge in [-0.1, -0.05) is 109 Å². The molecule has 0 bridgehead atoms.